The van der Waals surface area contributed by atoms with Crippen LogP contribution in [0.2, 0.25) is 0 Å². The van der Waals surface area contributed by atoms with Gasteiger partial charge in [-0.3, -0.25) is 0 Å². The molecule has 0 atom stereocenters. The fraction of sp³-hybridized carbons (Fsp3) is 1.00. The first-order valence-corrected chi connectivity index (χ1v) is 4.99. The Morgan fingerprint density at radius 1 is 0.867 bits per heavy atom. The van der Waals surface area contributed by atoms with Crippen LogP contribution >= 0.6 is 0 Å². The second kappa shape index (κ2) is 4.72. The van der Waals surface area contributed by atoms with E-state index in [0.717, 1.165) is 0 Å². The molecule has 0 aromatic heterocycles. The smallest absolute Gasteiger partial charge is 0.418 e. The molecule has 0 aromatic rings. The molecule has 0 N–H and O–H groups in total. The SMILES string of the molecule is CC1(C)CCCC(C)(C)O1.F[B-](F)(F)F. The molecule has 0 bridgehead atoms. The third-order valence-corrected chi connectivity index (χ3v) is 2.11. The normalized spacial score (nSPS) is 24.0. The molecule has 1 nitrogen and oxygen atoms in total. The number of hydrogen-bond donors (Lipinski definition) is 0. The van der Waals surface area contributed by atoms with Crippen LogP contribution in [-0.2, 0) is 4.74 Å². The molecule has 0 aliphatic carbocycles. The standard InChI is InChI=1S/C9H18O.BF4/c1-8(2)6-5-7-9(3,4)10-8;2-1(3,4)5/h5-7H2,1-4H3;/q;-1. The van der Waals surface area contributed by atoms with E-state index in [0.29, 0.717) is 0 Å². The maximum Gasteiger partial charge on any atom is 0.673 e. The first-order valence-electron chi connectivity index (χ1n) is 4.99. The zero-order valence-corrected chi connectivity index (χ0v) is 9.62. The summed E-state index contributed by atoms with van der Waals surface area (Å²) >= 11 is 0. The zero-order chi connectivity index (χ0) is 12.3. The van der Waals surface area contributed by atoms with Gasteiger partial charge < -0.3 is 22.0 Å². The summed E-state index contributed by atoms with van der Waals surface area (Å²) in [5.74, 6) is 0. The Kier molecular flexibility index (Phi) is 4.64. The highest BCUT2D eigenvalue weighted by Gasteiger charge is 2.33. The molecular formula is C9H18BF4O-. The Morgan fingerprint density at radius 3 is 1.27 bits per heavy atom. The summed E-state index contributed by atoms with van der Waals surface area (Å²) in [5.41, 5.74) is 0.226. The summed E-state index contributed by atoms with van der Waals surface area (Å²) in [6, 6.07) is 0. The number of halogens is 4. The monoisotopic (exact) mass is 229 g/mol. The Hall–Kier alpha value is -0.255. The van der Waals surface area contributed by atoms with Crippen molar-refractivity contribution < 1.29 is 22.0 Å². The molecule has 0 unspecified atom stereocenters. The van der Waals surface area contributed by atoms with Crippen LogP contribution in [0.5, 0.6) is 0 Å². The Morgan fingerprint density at radius 2 is 1.13 bits per heavy atom. The van der Waals surface area contributed by atoms with Crippen molar-refractivity contribution in [2.45, 2.75) is 58.2 Å². The maximum absolute atomic E-state index is 9.75. The third kappa shape index (κ3) is 10.0. The van der Waals surface area contributed by atoms with E-state index in [2.05, 4.69) is 27.7 Å². The minimum Gasteiger partial charge on any atom is -0.418 e. The van der Waals surface area contributed by atoms with Crippen molar-refractivity contribution in [3.8, 4) is 0 Å². The maximum atomic E-state index is 9.75. The number of ether oxygens (including phenoxy) is 1. The molecule has 6 heteroatoms. The summed E-state index contributed by atoms with van der Waals surface area (Å²) in [5, 5.41) is 0. The Bertz CT molecular complexity index is 181. The van der Waals surface area contributed by atoms with Gasteiger partial charge in [0.05, 0.1) is 11.2 Å². The van der Waals surface area contributed by atoms with E-state index < -0.39 is 7.25 Å². The molecule has 1 aliphatic rings. The van der Waals surface area contributed by atoms with Gasteiger partial charge in [-0.25, -0.2) is 0 Å². The predicted octanol–water partition coefficient (Wildman–Crippen LogP) is 4.04. The molecule has 1 saturated heterocycles. The molecule has 92 valence electrons. The van der Waals surface area contributed by atoms with Gasteiger partial charge in [0.2, 0.25) is 0 Å². The van der Waals surface area contributed by atoms with Crippen LogP contribution in [0.25, 0.3) is 0 Å². The van der Waals surface area contributed by atoms with Crippen molar-refractivity contribution in [1.82, 2.24) is 0 Å². The average molecular weight is 229 g/mol. The van der Waals surface area contributed by atoms with Crippen LogP contribution in [-0.4, -0.2) is 18.5 Å². The van der Waals surface area contributed by atoms with Gasteiger partial charge in [0.1, 0.15) is 0 Å². The second-order valence-electron chi connectivity index (χ2n) is 4.97. The minimum absolute atomic E-state index is 0.113. The van der Waals surface area contributed by atoms with E-state index in [1.165, 1.54) is 19.3 Å². The van der Waals surface area contributed by atoms with Gasteiger partial charge >= 0.3 is 7.25 Å². The molecule has 0 aromatic carbocycles. The largest absolute Gasteiger partial charge is 0.673 e. The lowest BCUT2D eigenvalue weighted by Gasteiger charge is -2.41. The van der Waals surface area contributed by atoms with Gasteiger partial charge in [-0.2, -0.15) is 0 Å². The van der Waals surface area contributed by atoms with Gasteiger partial charge in [-0.05, 0) is 47.0 Å². The van der Waals surface area contributed by atoms with Crippen molar-refractivity contribution in [3.05, 3.63) is 0 Å². The van der Waals surface area contributed by atoms with E-state index in [9.17, 15) is 17.3 Å². The van der Waals surface area contributed by atoms with E-state index in [1.54, 1.807) is 0 Å². The zero-order valence-electron chi connectivity index (χ0n) is 9.62. The lowest BCUT2D eigenvalue weighted by atomic mass is 9.89. The molecule has 0 saturated carbocycles. The summed E-state index contributed by atoms with van der Waals surface area (Å²) in [6.45, 7) is 8.70. The summed E-state index contributed by atoms with van der Waals surface area (Å²) in [4.78, 5) is 0. The lowest BCUT2D eigenvalue weighted by Crippen LogP contribution is -2.41. The molecule has 1 fully saturated rings. The van der Waals surface area contributed by atoms with Crippen LogP contribution in [0.3, 0.4) is 0 Å². The number of rotatable bonds is 0. The van der Waals surface area contributed by atoms with E-state index in [4.69, 9.17) is 4.74 Å². The van der Waals surface area contributed by atoms with Crippen LogP contribution in [0.1, 0.15) is 47.0 Å². The van der Waals surface area contributed by atoms with Gasteiger partial charge in [-0.15, -0.1) is 0 Å². The minimum atomic E-state index is -6.00. The van der Waals surface area contributed by atoms with Crippen LogP contribution < -0.4 is 0 Å². The van der Waals surface area contributed by atoms with E-state index >= 15 is 0 Å². The van der Waals surface area contributed by atoms with Gasteiger partial charge in [0, 0.05) is 0 Å². The van der Waals surface area contributed by atoms with Crippen LogP contribution in [0.4, 0.5) is 17.3 Å². The van der Waals surface area contributed by atoms with Crippen molar-refractivity contribution in [2.24, 2.45) is 0 Å². The van der Waals surface area contributed by atoms with Crippen molar-refractivity contribution in [2.75, 3.05) is 0 Å². The first-order chi connectivity index (χ1) is 6.41. The highest BCUT2D eigenvalue weighted by molar-refractivity contribution is 6.50. The van der Waals surface area contributed by atoms with E-state index in [-0.39, 0.29) is 11.2 Å². The fourth-order valence-electron chi connectivity index (χ4n) is 1.79. The molecule has 1 rings (SSSR count). The Balaban J connectivity index is 0.000000336. The molecule has 15 heavy (non-hydrogen) atoms. The van der Waals surface area contributed by atoms with Gasteiger partial charge in [-0.1, -0.05) is 0 Å². The predicted molar refractivity (Wildman–Crippen MR) is 53.3 cm³/mol. The van der Waals surface area contributed by atoms with Crippen LogP contribution in [0, 0.1) is 0 Å². The number of hydrogen-bond acceptors (Lipinski definition) is 1. The molecule has 0 radical (unpaired) electrons. The summed E-state index contributed by atoms with van der Waals surface area (Å²) in [7, 11) is -6.00. The van der Waals surface area contributed by atoms with Gasteiger partial charge in [0.25, 0.3) is 0 Å². The van der Waals surface area contributed by atoms with Crippen LogP contribution in [0.15, 0.2) is 0 Å². The average Bonchev–Trinajstić information content (AvgIpc) is 1.74. The first kappa shape index (κ1) is 14.7. The Labute approximate surface area is 88.3 Å². The molecule has 0 amide bonds. The van der Waals surface area contributed by atoms with Gasteiger partial charge in [0.15, 0.2) is 0 Å². The second-order valence-corrected chi connectivity index (χ2v) is 4.97. The fourth-order valence-corrected chi connectivity index (χ4v) is 1.79. The quantitative estimate of drug-likeness (QED) is 0.449. The van der Waals surface area contributed by atoms with Crippen molar-refractivity contribution >= 4 is 7.25 Å². The molecule has 0 spiro atoms. The molecular weight excluding hydrogens is 211 g/mol. The summed E-state index contributed by atoms with van der Waals surface area (Å²) in [6.07, 6.45) is 3.72. The topological polar surface area (TPSA) is 9.23 Å². The van der Waals surface area contributed by atoms with Crippen molar-refractivity contribution in [1.29, 1.82) is 0 Å². The lowest BCUT2D eigenvalue weighted by molar-refractivity contribution is -0.155. The molecule has 1 heterocycles. The van der Waals surface area contributed by atoms with Crippen molar-refractivity contribution in [3.63, 3.8) is 0 Å². The van der Waals surface area contributed by atoms with E-state index in [1.807, 2.05) is 0 Å². The summed E-state index contributed by atoms with van der Waals surface area (Å²) < 4.78 is 44.9. The highest BCUT2D eigenvalue weighted by atomic mass is 19.5. The third-order valence-electron chi connectivity index (χ3n) is 2.11. The highest BCUT2D eigenvalue weighted by Crippen LogP contribution is 2.34. The molecule has 1 aliphatic heterocycles.